The van der Waals surface area contributed by atoms with Gasteiger partial charge in [-0.25, -0.2) is 9.80 Å². The molecule has 3 rings (SSSR count). The van der Waals surface area contributed by atoms with Gasteiger partial charge in [0.1, 0.15) is 6.04 Å². The summed E-state index contributed by atoms with van der Waals surface area (Å²) in [5.74, 6) is -2.24. The highest BCUT2D eigenvalue weighted by Crippen LogP contribution is 2.25. The number of amides is 3. The molecule has 2 N–H and O–H groups in total. The first-order valence-corrected chi connectivity index (χ1v) is 9.17. The van der Waals surface area contributed by atoms with Gasteiger partial charge in [0.2, 0.25) is 11.8 Å². The number of hydrogen-bond acceptors (Lipinski definition) is 4. The molecule has 0 spiro atoms. The smallest absolute Gasteiger partial charge is 0.328 e. The Morgan fingerprint density at radius 2 is 1.89 bits per heavy atom. The standard InChI is InChI=1S/C19H23N3O5/c23-16(10-8-13-5-2-1-3-6-13)20-14-9-11-17(24)21-12-4-7-15(19(26)27)22(21)18(14)25/h1-3,5-6,14-15H,4,7-12H2,(H,20,23)(H,26,27). The monoisotopic (exact) mass is 373 g/mol. The molecule has 2 unspecified atom stereocenters. The molecule has 8 heteroatoms. The summed E-state index contributed by atoms with van der Waals surface area (Å²) in [6.07, 6.45) is 1.85. The second-order valence-corrected chi connectivity index (χ2v) is 6.84. The minimum atomic E-state index is -1.14. The van der Waals surface area contributed by atoms with Crippen LogP contribution in [0.3, 0.4) is 0 Å². The molecule has 2 atom stereocenters. The maximum atomic E-state index is 12.9. The average molecular weight is 373 g/mol. The number of hydrazine groups is 1. The molecular formula is C19H23N3O5. The summed E-state index contributed by atoms with van der Waals surface area (Å²) >= 11 is 0. The molecule has 0 radical (unpaired) electrons. The Balaban J connectivity index is 1.68. The summed E-state index contributed by atoms with van der Waals surface area (Å²) in [5, 5.41) is 14.4. The van der Waals surface area contributed by atoms with Crippen molar-refractivity contribution in [3.05, 3.63) is 35.9 Å². The minimum Gasteiger partial charge on any atom is -0.480 e. The van der Waals surface area contributed by atoms with Crippen LogP contribution < -0.4 is 5.32 Å². The molecule has 144 valence electrons. The lowest BCUT2D eigenvalue weighted by Gasteiger charge is -2.41. The van der Waals surface area contributed by atoms with E-state index in [2.05, 4.69) is 5.32 Å². The van der Waals surface area contributed by atoms with Gasteiger partial charge in [-0.2, -0.15) is 0 Å². The fourth-order valence-corrected chi connectivity index (χ4v) is 3.56. The van der Waals surface area contributed by atoms with Crippen LogP contribution in [0.2, 0.25) is 0 Å². The molecular weight excluding hydrogens is 350 g/mol. The zero-order chi connectivity index (χ0) is 19.4. The van der Waals surface area contributed by atoms with Crippen molar-refractivity contribution in [2.24, 2.45) is 0 Å². The van der Waals surface area contributed by atoms with Gasteiger partial charge in [-0.15, -0.1) is 0 Å². The van der Waals surface area contributed by atoms with Crippen LogP contribution in [0.25, 0.3) is 0 Å². The van der Waals surface area contributed by atoms with Gasteiger partial charge in [-0.3, -0.25) is 19.4 Å². The summed E-state index contributed by atoms with van der Waals surface area (Å²) in [6, 6.07) is 7.57. The molecule has 1 aromatic rings. The molecule has 0 aliphatic carbocycles. The lowest BCUT2D eigenvalue weighted by atomic mass is 10.1. The highest BCUT2D eigenvalue weighted by molar-refractivity contribution is 5.94. The summed E-state index contributed by atoms with van der Waals surface area (Å²) in [4.78, 5) is 49.1. The Labute approximate surface area is 157 Å². The highest BCUT2D eigenvalue weighted by atomic mass is 16.4. The predicted octanol–water partition coefficient (Wildman–Crippen LogP) is 0.717. The summed E-state index contributed by atoms with van der Waals surface area (Å²) in [7, 11) is 0. The van der Waals surface area contributed by atoms with Crippen molar-refractivity contribution in [2.45, 2.75) is 50.6 Å². The first-order valence-electron chi connectivity index (χ1n) is 9.17. The van der Waals surface area contributed by atoms with Crippen LogP contribution in [-0.2, 0) is 25.6 Å². The molecule has 0 saturated carbocycles. The van der Waals surface area contributed by atoms with Crippen LogP contribution in [0.1, 0.15) is 37.7 Å². The van der Waals surface area contributed by atoms with Gasteiger partial charge in [0.15, 0.2) is 6.04 Å². The van der Waals surface area contributed by atoms with E-state index in [9.17, 15) is 24.3 Å². The fourth-order valence-electron chi connectivity index (χ4n) is 3.56. The van der Waals surface area contributed by atoms with E-state index >= 15 is 0 Å². The van der Waals surface area contributed by atoms with Crippen molar-refractivity contribution < 1.29 is 24.3 Å². The van der Waals surface area contributed by atoms with Crippen LogP contribution in [0.4, 0.5) is 0 Å². The first-order chi connectivity index (χ1) is 13.0. The number of nitrogens with zero attached hydrogens (tertiary/aromatic N) is 2. The number of carboxylic acid groups (broad SMARTS) is 1. The molecule has 2 aliphatic heterocycles. The van der Waals surface area contributed by atoms with Crippen molar-refractivity contribution in [2.75, 3.05) is 6.54 Å². The predicted molar refractivity (Wildman–Crippen MR) is 95.1 cm³/mol. The van der Waals surface area contributed by atoms with Gasteiger partial charge in [0, 0.05) is 19.4 Å². The summed E-state index contributed by atoms with van der Waals surface area (Å²) in [6.45, 7) is 0.322. The quantitative estimate of drug-likeness (QED) is 0.791. The molecule has 2 fully saturated rings. The minimum absolute atomic E-state index is 0.0954. The van der Waals surface area contributed by atoms with Crippen LogP contribution >= 0.6 is 0 Å². The first kappa shape index (κ1) is 18.9. The molecule has 8 nitrogen and oxygen atoms in total. The third-order valence-electron chi connectivity index (χ3n) is 4.97. The van der Waals surface area contributed by atoms with Gasteiger partial charge in [0.25, 0.3) is 5.91 Å². The van der Waals surface area contributed by atoms with Crippen LogP contribution in [0.15, 0.2) is 30.3 Å². The van der Waals surface area contributed by atoms with E-state index in [1.165, 1.54) is 5.01 Å². The Morgan fingerprint density at radius 3 is 2.59 bits per heavy atom. The van der Waals surface area contributed by atoms with Crippen molar-refractivity contribution in [1.29, 1.82) is 0 Å². The SMILES string of the molecule is O=C(CCc1ccccc1)NC1CCC(=O)N2CCCC(C(=O)O)N2C1=O. The molecule has 27 heavy (non-hydrogen) atoms. The molecule has 1 aromatic carbocycles. The summed E-state index contributed by atoms with van der Waals surface area (Å²) < 4.78 is 0. The maximum Gasteiger partial charge on any atom is 0.328 e. The van der Waals surface area contributed by atoms with E-state index in [0.717, 1.165) is 10.6 Å². The Bertz CT molecular complexity index is 736. The second-order valence-electron chi connectivity index (χ2n) is 6.84. The van der Waals surface area contributed by atoms with E-state index in [4.69, 9.17) is 0 Å². The van der Waals surface area contributed by atoms with Crippen molar-refractivity contribution >= 4 is 23.7 Å². The van der Waals surface area contributed by atoms with E-state index in [-0.39, 0.29) is 31.1 Å². The molecule has 0 aromatic heterocycles. The molecule has 2 aliphatic rings. The largest absolute Gasteiger partial charge is 0.480 e. The van der Waals surface area contributed by atoms with Crippen LogP contribution in [0.5, 0.6) is 0 Å². The zero-order valence-corrected chi connectivity index (χ0v) is 15.0. The van der Waals surface area contributed by atoms with Gasteiger partial charge >= 0.3 is 5.97 Å². The van der Waals surface area contributed by atoms with Gasteiger partial charge in [-0.1, -0.05) is 30.3 Å². The number of aliphatic carboxylic acids is 1. The van der Waals surface area contributed by atoms with Crippen LogP contribution in [-0.4, -0.2) is 57.4 Å². The number of carbonyl (C=O) groups is 4. The summed E-state index contributed by atoms with van der Waals surface area (Å²) in [5.41, 5.74) is 1.02. The van der Waals surface area contributed by atoms with Crippen molar-refractivity contribution in [1.82, 2.24) is 15.3 Å². The van der Waals surface area contributed by atoms with Crippen LogP contribution in [0, 0.1) is 0 Å². The maximum absolute atomic E-state index is 12.9. The molecule has 3 amide bonds. The molecule has 2 heterocycles. The zero-order valence-electron chi connectivity index (χ0n) is 15.0. The molecule has 2 saturated heterocycles. The highest BCUT2D eigenvalue weighted by Gasteiger charge is 2.44. The number of benzene rings is 1. The second kappa shape index (κ2) is 8.20. The number of carboxylic acids is 1. The Kier molecular flexibility index (Phi) is 5.73. The average Bonchev–Trinajstić information content (AvgIpc) is 2.79. The third kappa shape index (κ3) is 4.27. The van der Waals surface area contributed by atoms with E-state index in [1.54, 1.807) is 0 Å². The number of rotatable bonds is 5. The van der Waals surface area contributed by atoms with Crippen molar-refractivity contribution in [3.8, 4) is 0 Å². The van der Waals surface area contributed by atoms with E-state index in [0.29, 0.717) is 25.8 Å². The lowest BCUT2D eigenvalue weighted by molar-refractivity contribution is -0.180. The topological polar surface area (TPSA) is 107 Å². The van der Waals surface area contributed by atoms with Gasteiger partial charge in [0.05, 0.1) is 0 Å². The third-order valence-corrected chi connectivity index (χ3v) is 4.97. The fraction of sp³-hybridized carbons (Fsp3) is 0.474. The Morgan fingerprint density at radius 1 is 1.15 bits per heavy atom. The Hall–Kier alpha value is -2.90. The van der Waals surface area contributed by atoms with Crippen molar-refractivity contribution in [3.63, 3.8) is 0 Å². The van der Waals surface area contributed by atoms with E-state index in [1.807, 2.05) is 30.3 Å². The lowest BCUT2D eigenvalue weighted by Crippen LogP contribution is -2.62. The number of fused-ring (bicyclic) bond motifs is 1. The molecule has 0 bridgehead atoms. The number of hydrogen-bond donors (Lipinski definition) is 2. The normalized spacial score (nSPS) is 22.8. The van der Waals surface area contributed by atoms with Gasteiger partial charge in [-0.05, 0) is 31.2 Å². The number of nitrogens with one attached hydrogen (secondary N) is 1. The van der Waals surface area contributed by atoms with E-state index < -0.39 is 24.0 Å². The van der Waals surface area contributed by atoms with Gasteiger partial charge < -0.3 is 10.4 Å². The number of aryl methyl sites for hydroxylation is 1. The number of carbonyl (C=O) groups excluding carboxylic acids is 3.